The maximum Gasteiger partial charge on any atom is 0.244 e. The number of pyridine rings is 1. The number of nitrogens with zero attached hydrogens (tertiary/aromatic N) is 3. The summed E-state index contributed by atoms with van der Waals surface area (Å²) in [4.78, 5) is 6.72. The van der Waals surface area contributed by atoms with Crippen LogP contribution < -0.4 is 0 Å². The number of sulfonamides is 1. The summed E-state index contributed by atoms with van der Waals surface area (Å²) in [5.74, 6) is 0. The predicted octanol–water partition coefficient (Wildman–Crippen LogP) is 2.34. The van der Waals surface area contributed by atoms with Gasteiger partial charge in [0.25, 0.3) is 0 Å². The van der Waals surface area contributed by atoms with Crippen molar-refractivity contribution in [1.29, 1.82) is 0 Å². The number of hydrogen-bond donors (Lipinski definition) is 0. The van der Waals surface area contributed by atoms with Gasteiger partial charge in [0.1, 0.15) is 14.2 Å². The zero-order valence-corrected chi connectivity index (χ0v) is 14.7. The molecular weight excluding hydrogens is 338 g/mol. The number of rotatable bonds is 3. The molecule has 1 aromatic heterocycles. The molecule has 8 heteroatoms. The van der Waals surface area contributed by atoms with Crippen LogP contribution in [0.3, 0.4) is 0 Å². The topological polar surface area (TPSA) is 53.5 Å². The first-order valence-electron chi connectivity index (χ1n) is 7.50. The van der Waals surface area contributed by atoms with Gasteiger partial charge in [0.05, 0.1) is 0 Å². The smallest absolute Gasteiger partial charge is 0.244 e. The lowest BCUT2D eigenvalue weighted by Crippen LogP contribution is -2.28. The highest BCUT2D eigenvalue weighted by molar-refractivity contribution is 8.22. The molecule has 0 N–H and O–H groups in total. The largest absolute Gasteiger partial charge is 0.357 e. The third-order valence-electron chi connectivity index (χ3n) is 3.97. The highest BCUT2D eigenvalue weighted by atomic mass is 32.2. The van der Waals surface area contributed by atoms with E-state index >= 15 is 0 Å². The van der Waals surface area contributed by atoms with E-state index < -0.39 is 10.0 Å². The van der Waals surface area contributed by atoms with Crippen molar-refractivity contribution in [2.75, 3.05) is 26.2 Å². The van der Waals surface area contributed by atoms with Crippen molar-refractivity contribution in [3.05, 3.63) is 18.3 Å². The van der Waals surface area contributed by atoms with E-state index in [2.05, 4.69) is 9.88 Å². The Morgan fingerprint density at radius 3 is 2.32 bits per heavy atom. The van der Waals surface area contributed by atoms with Crippen LogP contribution in [0.4, 0.5) is 0 Å². The third kappa shape index (κ3) is 3.45. The molecule has 0 radical (unpaired) electrons. The monoisotopic (exact) mass is 357 g/mol. The lowest BCUT2D eigenvalue weighted by atomic mass is 10.4. The molecule has 0 unspecified atom stereocenters. The summed E-state index contributed by atoms with van der Waals surface area (Å²) in [7, 11) is -3.38. The predicted molar refractivity (Wildman–Crippen MR) is 91.5 cm³/mol. The molecule has 1 aromatic rings. The van der Waals surface area contributed by atoms with Crippen molar-refractivity contribution in [3.8, 4) is 0 Å². The summed E-state index contributed by atoms with van der Waals surface area (Å²) >= 11 is 6.84. The standard InChI is InChI=1S/C14H19N3O2S3/c18-22(19,17-9-3-4-10-17)12-5-6-13(15-11-12)21-14(20)16-7-1-2-8-16/h5-6,11H,1-4,7-10H2. The molecule has 0 aromatic carbocycles. The van der Waals surface area contributed by atoms with Crippen LogP contribution in [-0.4, -0.2) is 53.1 Å². The maximum atomic E-state index is 12.4. The first-order valence-corrected chi connectivity index (χ1v) is 10.2. The number of likely N-dealkylation sites (tertiary alicyclic amines) is 1. The lowest BCUT2D eigenvalue weighted by Gasteiger charge is -2.17. The Bertz CT molecular complexity index is 634. The molecule has 0 bridgehead atoms. The summed E-state index contributed by atoms with van der Waals surface area (Å²) in [6, 6.07) is 3.38. The van der Waals surface area contributed by atoms with Crippen molar-refractivity contribution in [2.24, 2.45) is 0 Å². The van der Waals surface area contributed by atoms with Gasteiger partial charge in [-0.3, -0.25) is 0 Å². The number of thiocarbonyl (C=S) groups is 1. The first-order chi connectivity index (χ1) is 10.6. The van der Waals surface area contributed by atoms with Crippen LogP contribution in [0, 0.1) is 0 Å². The molecular formula is C14H19N3O2S3. The summed E-state index contributed by atoms with van der Waals surface area (Å²) in [5.41, 5.74) is 0. The van der Waals surface area contributed by atoms with Crippen LogP contribution in [0.1, 0.15) is 25.7 Å². The molecule has 3 rings (SSSR count). The van der Waals surface area contributed by atoms with E-state index in [9.17, 15) is 8.42 Å². The van der Waals surface area contributed by atoms with Gasteiger partial charge in [-0.2, -0.15) is 4.31 Å². The molecule has 120 valence electrons. The van der Waals surface area contributed by atoms with Crippen LogP contribution in [0.15, 0.2) is 28.3 Å². The molecule has 2 aliphatic rings. The number of aromatic nitrogens is 1. The highest BCUT2D eigenvalue weighted by Gasteiger charge is 2.27. The van der Waals surface area contributed by atoms with Gasteiger partial charge >= 0.3 is 0 Å². The molecule has 0 amide bonds. The molecule has 5 nitrogen and oxygen atoms in total. The van der Waals surface area contributed by atoms with Crippen molar-refractivity contribution in [1.82, 2.24) is 14.2 Å². The molecule has 2 aliphatic heterocycles. The summed E-state index contributed by atoms with van der Waals surface area (Å²) < 4.78 is 27.2. The Labute approximate surface area is 141 Å². The summed E-state index contributed by atoms with van der Waals surface area (Å²) in [5, 5.41) is 0.747. The van der Waals surface area contributed by atoms with E-state index in [1.165, 1.54) is 35.1 Å². The highest BCUT2D eigenvalue weighted by Crippen LogP contribution is 2.25. The van der Waals surface area contributed by atoms with Gasteiger partial charge in [0.15, 0.2) is 0 Å². The average Bonchev–Trinajstić information content (AvgIpc) is 3.21. The Morgan fingerprint density at radius 2 is 1.73 bits per heavy atom. The van der Waals surface area contributed by atoms with E-state index in [1.807, 2.05) is 0 Å². The van der Waals surface area contributed by atoms with Gasteiger partial charge in [0.2, 0.25) is 10.0 Å². The van der Waals surface area contributed by atoms with Crippen LogP contribution in [0.25, 0.3) is 0 Å². The normalized spacial score (nSPS) is 19.7. The second kappa shape index (κ2) is 6.82. The summed E-state index contributed by atoms with van der Waals surface area (Å²) in [6.07, 6.45) is 5.68. The van der Waals surface area contributed by atoms with Gasteiger partial charge in [-0.15, -0.1) is 0 Å². The molecule has 3 heterocycles. The van der Waals surface area contributed by atoms with Crippen molar-refractivity contribution >= 4 is 38.3 Å². The van der Waals surface area contributed by atoms with Crippen molar-refractivity contribution in [2.45, 2.75) is 35.6 Å². The van der Waals surface area contributed by atoms with E-state index in [1.54, 1.807) is 12.1 Å². The van der Waals surface area contributed by atoms with Gasteiger partial charge in [0, 0.05) is 32.4 Å². The fourth-order valence-electron chi connectivity index (χ4n) is 2.71. The molecule has 2 saturated heterocycles. The minimum atomic E-state index is -3.38. The molecule has 0 spiro atoms. The van der Waals surface area contributed by atoms with Crippen molar-refractivity contribution < 1.29 is 8.42 Å². The summed E-state index contributed by atoms with van der Waals surface area (Å²) in [6.45, 7) is 3.23. The maximum absolute atomic E-state index is 12.4. The second-order valence-electron chi connectivity index (χ2n) is 5.51. The third-order valence-corrected chi connectivity index (χ3v) is 7.24. The van der Waals surface area contributed by atoms with E-state index in [4.69, 9.17) is 12.2 Å². The molecule has 0 saturated carbocycles. The molecule has 2 fully saturated rings. The van der Waals surface area contributed by atoms with Gasteiger partial charge in [-0.05, 0) is 49.6 Å². The second-order valence-corrected chi connectivity index (χ2v) is 9.10. The minimum absolute atomic E-state index is 0.269. The van der Waals surface area contributed by atoms with E-state index in [0.717, 1.165) is 35.3 Å². The number of hydrogen-bond acceptors (Lipinski definition) is 5. The Balaban J connectivity index is 1.68. The van der Waals surface area contributed by atoms with Crippen LogP contribution in [0.2, 0.25) is 0 Å². The van der Waals surface area contributed by atoms with Gasteiger partial charge in [-0.1, -0.05) is 12.2 Å². The zero-order valence-electron chi connectivity index (χ0n) is 12.3. The molecule has 0 aliphatic carbocycles. The van der Waals surface area contributed by atoms with Gasteiger partial charge in [-0.25, -0.2) is 13.4 Å². The zero-order chi connectivity index (χ0) is 15.6. The average molecular weight is 358 g/mol. The van der Waals surface area contributed by atoms with E-state index in [0.29, 0.717) is 13.1 Å². The molecule has 22 heavy (non-hydrogen) atoms. The SMILES string of the molecule is O=S(=O)(c1ccc(SC(=S)N2CCCC2)nc1)N1CCCC1. The van der Waals surface area contributed by atoms with Gasteiger partial charge < -0.3 is 4.90 Å². The Morgan fingerprint density at radius 1 is 1.09 bits per heavy atom. The minimum Gasteiger partial charge on any atom is -0.357 e. The Kier molecular flexibility index (Phi) is 5.01. The number of thioether (sulfide) groups is 1. The lowest BCUT2D eigenvalue weighted by molar-refractivity contribution is 0.477. The van der Waals surface area contributed by atoms with Crippen LogP contribution in [-0.2, 0) is 10.0 Å². The first kappa shape index (κ1) is 16.2. The Hall–Kier alpha value is -0.700. The van der Waals surface area contributed by atoms with Crippen LogP contribution >= 0.6 is 24.0 Å². The fraction of sp³-hybridized carbons (Fsp3) is 0.571. The molecule has 0 atom stereocenters. The van der Waals surface area contributed by atoms with E-state index in [-0.39, 0.29) is 4.90 Å². The quantitative estimate of drug-likeness (QED) is 0.611. The van der Waals surface area contributed by atoms with Crippen molar-refractivity contribution in [3.63, 3.8) is 0 Å². The van der Waals surface area contributed by atoms with Crippen LogP contribution in [0.5, 0.6) is 0 Å². The fourth-order valence-corrected chi connectivity index (χ4v) is 5.34.